The summed E-state index contributed by atoms with van der Waals surface area (Å²) in [5.41, 5.74) is 0.941. The van der Waals surface area contributed by atoms with Crippen molar-refractivity contribution >= 4 is 55.6 Å². The molecule has 47 heavy (non-hydrogen) atoms. The first-order chi connectivity index (χ1) is 22.6. The number of aromatic nitrogens is 1. The van der Waals surface area contributed by atoms with Crippen LogP contribution in [0.15, 0.2) is 83.9 Å². The molecule has 0 saturated carbocycles. The number of rotatable bonds is 10. The molecule has 1 N–H and O–H groups in total. The van der Waals surface area contributed by atoms with Gasteiger partial charge in [0.15, 0.2) is 5.54 Å². The number of carbonyl (C=O) groups excluding carboxylic acids is 1. The van der Waals surface area contributed by atoms with Gasteiger partial charge >= 0.3 is 0 Å². The van der Waals surface area contributed by atoms with Crippen molar-refractivity contribution in [3.63, 3.8) is 0 Å². The summed E-state index contributed by atoms with van der Waals surface area (Å²) in [6.07, 6.45) is 1.59. The van der Waals surface area contributed by atoms with Crippen molar-refractivity contribution in [2.75, 3.05) is 68.6 Å². The van der Waals surface area contributed by atoms with E-state index in [1.807, 2.05) is 37.3 Å². The van der Waals surface area contributed by atoms with E-state index in [0.29, 0.717) is 22.6 Å². The Morgan fingerprint density at radius 3 is 2.45 bits per heavy atom. The molecule has 1 unspecified atom stereocenters. The van der Waals surface area contributed by atoms with Gasteiger partial charge in [0, 0.05) is 59.0 Å². The van der Waals surface area contributed by atoms with E-state index in [0.717, 1.165) is 39.7 Å². The summed E-state index contributed by atoms with van der Waals surface area (Å²) in [5, 5.41) is 3.52. The molecule has 1 aromatic heterocycles. The number of pyridine rings is 1. The number of likely N-dealkylation sites (N-methyl/N-ethyl adjacent to an activating group) is 1. The van der Waals surface area contributed by atoms with Crippen molar-refractivity contribution < 1.29 is 27.4 Å². The summed E-state index contributed by atoms with van der Waals surface area (Å²) in [6, 6.07) is 21.0. The predicted octanol–water partition coefficient (Wildman–Crippen LogP) is 4.95. The molecule has 1 fully saturated rings. The second kappa shape index (κ2) is 13.2. The highest BCUT2D eigenvalue weighted by Gasteiger charge is 2.58. The Morgan fingerprint density at radius 1 is 0.936 bits per heavy atom. The number of piperazine rings is 1. The van der Waals surface area contributed by atoms with Crippen LogP contribution in [-0.4, -0.2) is 78.3 Å². The van der Waals surface area contributed by atoms with Crippen molar-refractivity contribution in [1.82, 2.24) is 9.88 Å². The average Bonchev–Trinajstić information content (AvgIpc) is 3.32. The smallest absolute Gasteiger partial charge is 0.276 e. The minimum Gasteiger partial charge on any atom is -0.497 e. The van der Waals surface area contributed by atoms with Crippen LogP contribution in [0.1, 0.15) is 18.1 Å². The van der Waals surface area contributed by atoms with E-state index in [1.54, 1.807) is 30.5 Å². The number of ether oxygens (including phenoxy) is 3. The summed E-state index contributed by atoms with van der Waals surface area (Å²) in [5.74, 6) is -0.0501. The van der Waals surface area contributed by atoms with Crippen LogP contribution in [0, 0.1) is 3.57 Å². The molecule has 246 valence electrons. The molecular weight excluding hydrogens is 733 g/mol. The molecule has 0 radical (unpaired) electrons. The lowest BCUT2D eigenvalue weighted by molar-refractivity contribution is -0.120. The minimum atomic E-state index is -4.52. The van der Waals surface area contributed by atoms with E-state index in [9.17, 15) is 8.42 Å². The number of benzene rings is 3. The van der Waals surface area contributed by atoms with Gasteiger partial charge in [-0.05, 0) is 97.2 Å². The predicted molar refractivity (Wildman–Crippen MR) is 189 cm³/mol. The Balaban J connectivity index is 1.57. The molecule has 11 nitrogen and oxygen atoms in total. The number of amides is 1. The maximum atomic E-state index is 15.2. The number of anilines is 3. The van der Waals surface area contributed by atoms with Crippen molar-refractivity contribution in [2.24, 2.45) is 0 Å². The van der Waals surface area contributed by atoms with Gasteiger partial charge < -0.3 is 29.3 Å². The van der Waals surface area contributed by atoms with Gasteiger partial charge in [-0.2, -0.15) is 4.31 Å². The van der Waals surface area contributed by atoms with E-state index < -0.39 is 21.5 Å². The highest BCUT2D eigenvalue weighted by atomic mass is 127. The Morgan fingerprint density at radius 2 is 1.72 bits per heavy atom. The molecule has 4 aromatic rings. The second-order valence-electron chi connectivity index (χ2n) is 11.3. The molecule has 2 aliphatic rings. The molecule has 3 heterocycles. The highest BCUT2D eigenvalue weighted by molar-refractivity contribution is 14.1. The lowest BCUT2D eigenvalue weighted by atomic mass is 9.83. The fraction of sp³-hybridized carbons (Fsp3) is 0.294. The van der Waals surface area contributed by atoms with Crippen LogP contribution in [0.25, 0.3) is 0 Å². The summed E-state index contributed by atoms with van der Waals surface area (Å²) < 4.78 is 47.7. The van der Waals surface area contributed by atoms with Crippen molar-refractivity contribution in [1.29, 1.82) is 0 Å². The van der Waals surface area contributed by atoms with E-state index >= 15 is 4.79 Å². The van der Waals surface area contributed by atoms with Gasteiger partial charge in [-0.1, -0.05) is 6.07 Å². The number of methoxy groups -OCH3 is 2. The van der Waals surface area contributed by atoms with Crippen molar-refractivity contribution in [3.05, 3.63) is 93.7 Å². The quantitative estimate of drug-likeness (QED) is 0.223. The van der Waals surface area contributed by atoms with Crippen LogP contribution < -0.4 is 28.7 Å². The third-order valence-corrected chi connectivity index (χ3v) is 10.9. The van der Waals surface area contributed by atoms with E-state index in [2.05, 4.69) is 49.7 Å². The lowest BCUT2D eigenvalue weighted by Gasteiger charge is -2.35. The topological polar surface area (TPSA) is 114 Å². The summed E-state index contributed by atoms with van der Waals surface area (Å²) in [6.45, 7) is 5.70. The largest absolute Gasteiger partial charge is 0.497 e. The molecule has 1 atom stereocenters. The zero-order chi connectivity index (χ0) is 33.3. The van der Waals surface area contributed by atoms with Crippen molar-refractivity contribution in [3.8, 4) is 17.4 Å². The molecule has 6 rings (SSSR count). The first-order valence-electron chi connectivity index (χ1n) is 15.2. The average molecular weight is 770 g/mol. The molecule has 1 saturated heterocycles. The molecular formula is C34H36IN5O6S. The number of sulfonamides is 1. The lowest BCUT2D eigenvalue weighted by Crippen LogP contribution is -2.49. The minimum absolute atomic E-state index is 0.0472. The van der Waals surface area contributed by atoms with Gasteiger partial charge in [0.25, 0.3) is 15.9 Å². The molecule has 3 aromatic carbocycles. The number of hydrogen-bond donors (Lipinski definition) is 1. The standard InChI is InChI=1S/C34H36IN5O6S/c1-5-46-32-27(10-7-15-36-32)34(37-24-8-6-9-25(21-24)39-18-16-38(2)17-19-39)28-20-23(35)11-13-29(28)40(33(34)41)47(42,43)31-14-12-26(44-3)22-30(31)45-4/h6-15,20-22,37H,5,16-19H2,1-4H3. The molecule has 0 spiro atoms. The van der Waals surface area contributed by atoms with Crippen LogP contribution in [-0.2, 0) is 20.4 Å². The maximum absolute atomic E-state index is 15.2. The number of halogens is 1. The second-order valence-corrected chi connectivity index (χ2v) is 14.3. The highest BCUT2D eigenvalue weighted by Crippen LogP contribution is 2.51. The van der Waals surface area contributed by atoms with Crippen LogP contribution in [0.3, 0.4) is 0 Å². The van der Waals surface area contributed by atoms with Gasteiger partial charge in [0.05, 0.1) is 32.1 Å². The van der Waals surface area contributed by atoms with Gasteiger partial charge in [0.1, 0.15) is 16.4 Å². The van der Waals surface area contributed by atoms with Gasteiger partial charge in [-0.25, -0.2) is 13.4 Å². The summed E-state index contributed by atoms with van der Waals surface area (Å²) in [7, 11) is 0.437. The normalized spacial score (nSPS) is 18.2. The Labute approximate surface area is 288 Å². The SMILES string of the molecule is CCOc1ncccc1C1(Nc2cccc(N3CCN(C)CC3)c2)C(=O)N(S(=O)(=O)c2ccc(OC)cc2OC)c2ccc(I)cc21. The fourth-order valence-corrected chi connectivity index (χ4v) is 8.22. The molecule has 13 heteroatoms. The number of carbonyl (C=O) groups is 1. The first kappa shape index (κ1) is 32.8. The van der Waals surface area contributed by atoms with Gasteiger partial charge in [-0.3, -0.25) is 4.79 Å². The Bertz CT molecular complexity index is 1920. The fourth-order valence-electron chi connectivity index (χ4n) is 6.13. The third kappa shape index (κ3) is 5.84. The molecule has 2 aliphatic heterocycles. The van der Waals surface area contributed by atoms with Crippen molar-refractivity contribution in [2.45, 2.75) is 17.4 Å². The van der Waals surface area contributed by atoms with Crippen LogP contribution >= 0.6 is 22.6 Å². The van der Waals surface area contributed by atoms with E-state index in [-0.39, 0.29) is 28.8 Å². The molecule has 1 amide bonds. The van der Waals surface area contributed by atoms with Crippen LogP contribution in [0.5, 0.6) is 17.4 Å². The Hall–Kier alpha value is -4.08. The Kier molecular flexibility index (Phi) is 9.23. The zero-order valence-electron chi connectivity index (χ0n) is 26.6. The summed E-state index contributed by atoms with van der Waals surface area (Å²) >= 11 is 2.17. The molecule has 0 bridgehead atoms. The summed E-state index contributed by atoms with van der Waals surface area (Å²) in [4.78, 5) is 24.1. The van der Waals surface area contributed by atoms with Crippen LogP contribution in [0.2, 0.25) is 0 Å². The van der Waals surface area contributed by atoms with Gasteiger partial charge in [0.2, 0.25) is 5.88 Å². The number of fused-ring (bicyclic) bond motifs is 1. The van der Waals surface area contributed by atoms with Crippen LogP contribution in [0.4, 0.5) is 17.1 Å². The number of nitrogens with one attached hydrogen (secondary N) is 1. The van der Waals surface area contributed by atoms with Gasteiger partial charge in [-0.15, -0.1) is 0 Å². The number of nitrogens with zero attached hydrogens (tertiary/aromatic N) is 4. The molecule has 0 aliphatic carbocycles. The number of hydrogen-bond acceptors (Lipinski definition) is 10. The maximum Gasteiger partial charge on any atom is 0.276 e. The zero-order valence-corrected chi connectivity index (χ0v) is 29.5. The third-order valence-electron chi connectivity index (χ3n) is 8.48. The van der Waals surface area contributed by atoms with E-state index in [1.165, 1.54) is 32.4 Å². The monoisotopic (exact) mass is 769 g/mol. The van der Waals surface area contributed by atoms with E-state index in [4.69, 9.17) is 14.2 Å². The first-order valence-corrected chi connectivity index (χ1v) is 17.7.